The molecule has 1 N–H and O–H groups in total. The van der Waals surface area contributed by atoms with Gasteiger partial charge < -0.3 is 5.32 Å². The van der Waals surface area contributed by atoms with E-state index in [1.807, 2.05) is 0 Å². The number of thiophene rings is 1. The topological polar surface area (TPSA) is 55.2 Å². The van der Waals surface area contributed by atoms with Crippen LogP contribution in [-0.2, 0) is 6.54 Å². The number of nitrogens with zero attached hydrogens (tertiary/aromatic N) is 1. The Labute approximate surface area is 111 Å². The highest BCUT2D eigenvalue weighted by Crippen LogP contribution is 2.26. The Bertz CT molecular complexity index is 628. The van der Waals surface area contributed by atoms with E-state index in [0.717, 1.165) is 11.3 Å². The van der Waals surface area contributed by atoms with Crippen molar-refractivity contribution in [2.75, 3.05) is 5.32 Å². The highest BCUT2D eigenvalue weighted by Gasteiger charge is 2.13. The van der Waals surface area contributed by atoms with E-state index in [-0.39, 0.29) is 17.2 Å². The van der Waals surface area contributed by atoms with Crippen LogP contribution in [0.4, 0.5) is 19.5 Å². The Kier molecular flexibility index (Phi) is 3.75. The summed E-state index contributed by atoms with van der Waals surface area (Å²) in [4.78, 5) is 10.7. The minimum Gasteiger partial charge on any atom is -0.375 e. The normalized spacial score (nSPS) is 10.5. The zero-order chi connectivity index (χ0) is 14.0. The van der Waals surface area contributed by atoms with Crippen LogP contribution >= 0.6 is 11.3 Å². The Balaban J connectivity index is 2.14. The minimum atomic E-state index is -0.686. The predicted octanol–water partition coefficient (Wildman–Crippen LogP) is 3.86. The largest absolute Gasteiger partial charge is 0.375 e. The van der Waals surface area contributed by atoms with Crippen molar-refractivity contribution in [3.63, 3.8) is 0 Å². The SMILES string of the molecule is Cc1ccc(F)c(NCc2ccc([N+](=O)[O-])s2)c1F. The third kappa shape index (κ3) is 2.87. The van der Waals surface area contributed by atoms with Crippen LogP contribution in [-0.4, -0.2) is 4.92 Å². The van der Waals surface area contributed by atoms with Gasteiger partial charge in [-0.1, -0.05) is 17.4 Å². The van der Waals surface area contributed by atoms with Crippen molar-refractivity contribution in [2.24, 2.45) is 0 Å². The molecule has 0 atom stereocenters. The molecule has 1 heterocycles. The number of anilines is 1. The van der Waals surface area contributed by atoms with Crippen LogP contribution < -0.4 is 5.32 Å². The highest BCUT2D eigenvalue weighted by atomic mass is 32.1. The summed E-state index contributed by atoms with van der Waals surface area (Å²) in [6, 6.07) is 5.45. The van der Waals surface area contributed by atoms with Gasteiger partial charge in [-0.05, 0) is 24.6 Å². The average Bonchev–Trinajstić information content (AvgIpc) is 2.83. The molecule has 2 rings (SSSR count). The zero-order valence-corrected chi connectivity index (χ0v) is 10.8. The lowest BCUT2D eigenvalue weighted by Gasteiger charge is -2.09. The molecular weight excluding hydrogens is 274 g/mol. The first kappa shape index (κ1) is 13.4. The van der Waals surface area contributed by atoms with Gasteiger partial charge in [0.2, 0.25) is 0 Å². The average molecular weight is 284 g/mol. The maximum Gasteiger partial charge on any atom is 0.324 e. The summed E-state index contributed by atoms with van der Waals surface area (Å²) in [6.07, 6.45) is 0. The van der Waals surface area contributed by atoms with Gasteiger partial charge in [0.25, 0.3) is 0 Å². The summed E-state index contributed by atoms with van der Waals surface area (Å²) >= 11 is 0.970. The van der Waals surface area contributed by atoms with Crippen molar-refractivity contribution >= 4 is 22.0 Å². The molecule has 7 heteroatoms. The van der Waals surface area contributed by atoms with Crippen molar-refractivity contribution in [3.8, 4) is 0 Å². The lowest BCUT2D eigenvalue weighted by Crippen LogP contribution is -2.03. The molecule has 0 amide bonds. The van der Waals surface area contributed by atoms with Crippen molar-refractivity contribution < 1.29 is 13.7 Å². The lowest BCUT2D eigenvalue weighted by molar-refractivity contribution is -0.380. The van der Waals surface area contributed by atoms with Crippen LogP contribution in [0.25, 0.3) is 0 Å². The van der Waals surface area contributed by atoms with Gasteiger partial charge in [0, 0.05) is 17.5 Å². The van der Waals surface area contributed by atoms with Crippen molar-refractivity contribution in [1.29, 1.82) is 0 Å². The van der Waals surface area contributed by atoms with Gasteiger partial charge in [-0.15, -0.1) is 0 Å². The zero-order valence-electron chi connectivity index (χ0n) is 9.94. The highest BCUT2D eigenvalue weighted by molar-refractivity contribution is 7.15. The first-order valence-electron chi connectivity index (χ1n) is 5.40. The standard InChI is InChI=1S/C12H10F2N2O2S/c1-7-2-4-9(13)12(11(7)14)15-6-8-3-5-10(19-8)16(17)18/h2-5,15H,6H2,1H3. The summed E-state index contributed by atoms with van der Waals surface area (Å²) < 4.78 is 27.2. The van der Waals surface area contributed by atoms with Gasteiger partial charge in [-0.3, -0.25) is 10.1 Å². The molecular formula is C12H10F2N2O2S. The summed E-state index contributed by atoms with van der Waals surface area (Å²) in [6.45, 7) is 1.67. The number of benzene rings is 1. The molecule has 4 nitrogen and oxygen atoms in total. The number of halogens is 2. The molecule has 0 spiro atoms. The number of hydrogen-bond acceptors (Lipinski definition) is 4. The maximum absolute atomic E-state index is 13.7. The van der Waals surface area contributed by atoms with Crippen molar-refractivity contribution in [1.82, 2.24) is 0 Å². The van der Waals surface area contributed by atoms with Gasteiger partial charge in [0.05, 0.1) is 4.92 Å². The van der Waals surface area contributed by atoms with Gasteiger partial charge >= 0.3 is 5.00 Å². The Hall–Kier alpha value is -2.02. The monoisotopic (exact) mass is 284 g/mol. The molecule has 100 valence electrons. The fourth-order valence-electron chi connectivity index (χ4n) is 1.55. The molecule has 0 saturated heterocycles. The molecule has 1 aromatic heterocycles. The minimum absolute atomic E-state index is 0.00184. The van der Waals surface area contributed by atoms with Crippen LogP contribution in [0.1, 0.15) is 10.4 Å². The van der Waals surface area contributed by atoms with E-state index in [1.54, 1.807) is 6.07 Å². The predicted molar refractivity (Wildman–Crippen MR) is 69.4 cm³/mol. The molecule has 0 fully saturated rings. The lowest BCUT2D eigenvalue weighted by atomic mass is 10.2. The summed E-state index contributed by atoms with van der Waals surface area (Å²) in [5.74, 6) is -1.33. The van der Waals surface area contributed by atoms with Crippen LogP contribution in [0.5, 0.6) is 0 Å². The molecule has 0 bridgehead atoms. The van der Waals surface area contributed by atoms with E-state index in [0.29, 0.717) is 10.4 Å². The fourth-order valence-corrected chi connectivity index (χ4v) is 2.31. The molecule has 0 radical (unpaired) electrons. The number of hydrogen-bond donors (Lipinski definition) is 1. The second-order valence-electron chi connectivity index (χ2n) is 3.90. The second kappa shape index (κ2) is 5.31. The molecule has 0 unspecified atom stereocenters. The first-order chi connectivity index (χ1) is 8.99. The molecule has 0 aliphatic rings. The van der Waals surface area contributed by atoms with Crippen molar-refractivity contribution in [3.05, 3.63) is 56.5 Å². The number of nitrogens with one attached hydrogen (secondary N) is 1. The van der Waals surface area contributed by atoms with E-state index in [4.69, 9.17) is 0 Å². The van der Waals surface area contributed by atoms with E-state index in [1.165, 1.54) is 25.1 Å². The van der Waals surface area contributed by atoms with Crippen LogP contribution in [0.15, 0.2) is 24.3 Å². The third-order valence-corrected chi connectivity index (χ3v) is 3.59. The Morgan fingerprint density at radius 1 is 1.32 bits per heavy atom. The quantitative estimate of drug-likeness (QED) is 0.685. The van der Waals surface area contributed by atoms with Crippen LogP contribution in [0, 0.1) is 28.7 Å². The summed E-state index contributed by atoms with van der Waals surface area (Å²) in [7, 11) is 0. The molecule has 2 aromatic rings. The number of aryl methyl sites for hydroxylation is 1. The fraction of sp³-hybridized carbons (Fsp3) is 0.167. The van der Waals surface area contributed by atoms with Crippen LogP contribution in [0.2, 0.25) is 0 Å². The van der Waals surface area contributed by atoms with E-state index in [2.05, 4.69) is 5.32 Å². The first-order valence-corrected chi connectivity index (χ1v) is 6.22. The summed E-state index contributed by atoms with van der Waals surface area (Å²) in [5.41, 5.74) is 0.122. The number of nitro groups is 1. The third-order valence-electron chi connectivity index (χ3n) is 2.55. The Morgan fingerprint density at radius 3 is 2.68 bits per heavy atom. The van der Waals surface area contributed by atoms with Gasteiger partial charge in [0.1, 0.15) is 11.5 Å². The molecule has 19 heavy (non-hydrogen) atoms. The second-order valence-corrected chi connectivity index (χ2v) is 5.05. The molecule has 0 aliphatic carbocycles. The van der Waals surface area contributed by atoms with E-state index < -0.39 is 16.6 Å². The molecule has 0 saturated carbocycles. The van der Waals surface area contributed by atoms with Crippen molar-refractivity contribution in [2.45, 2.75) is 13.5 Å². The van der Waals surface area contributed by atoms with Crippen LogP contribution in [0.3, 0.4) is 0 Å². The number of rotatable bonds is 4. The molecule has 1 aromatic carbocycles. The van der Waals surface area contributed by atoms with Gasteiger partial charge in [-0.25, -0.2) is 8.78 Å². The smallest absolute Gasteiger partial charge is 0.324 e. The Morgan fingerprint density at radius 2 is 2.05 bits per heavy atom. The van der Waals surface area contributed by atoms with Gasteiger partial charge in [-0.2, -0.15) is 0 Å². The van der Waals surface area contributed by atoms with E-state index >= 15 is 0 Å². The molecule has 0 aliphatic heterocycles. The van der Waals surface area contributed by atoms with E-state index in [9.17, 15) is 18.9 Å². The summed E-state index contributed by atoms with van der Waals surface area (Å²) in [5, 5.41) is 13.1. The van der Waals surface area contributed by atoms with Gasteiger partial charge in [0.15, 0.2) is 5.82 Å². The maximum atomic E-state index is 13.7.